The van der Waals surface area contributed by atoms with Gasteiger partial charge in [0.25, 0.3) is 0 Å². The van der Waals surface area contributed by atoms with Gasteiger partial charge < -0.3 is 13.9 Å². The lowest BCUT2D eigenvalue weighted by atomic mass is 9.89. The number of ketones is 1. The molecule has 0 amide bonds. The fourth-order valence-electron chi connectivity index (χ4n) is 3.82. The van der Waals surface area contributed by atoms with Gasteiger partial charge in [0.1, 0.15) is 23.2 Å². The second-order valence-electron chi connectivity index (χ2n) is 7.29. The summed E-state index contributed by atoms with van der Waals surface area (Å²) in [6, 6.07) is 1.79. The van der Waals surface area contributed by atoms with Crippen molar-refractivity contribution in [2.75, 3.05) is 0 Å². The zero-order valence-corrected chi connectivity index (χ0v) is 15.0. The van der Waals surface area contributed by atoms with Crippen LogP contribution >= 0.6 is 0 Å². The van der Waals surface area contributed by atoms with E-state index in [-0.39, 0.29) is 29.5 Å². The molecule has 1 aliphatic carbocycles. The van der Waals surface area contributed by atoms with Crippen molar-refractivity contribution in [3.63, 3.8) is 0 Å². The van der Waals surface area contributed by atoms with Crippen LogP contribution in [-0.4, -0.2) is 18.0 Å². The number of carbonyl (C=O) groups excluding carboxylic acids is 1. The molecule has 0 spiro atoms. The molecule has 5 heteroatoms. The van der Waals surface area contributed by atoms with Gasteiger partial charge in [-0.2, -0.15) is 0 Å². The van der Waals surface area contributed by atoms with Crippen LogP contribution in [0.4, 0.5) is 0 Å². The Hall–Kier alpha value is -2.30. The lowest BCUT2D eigenvalue weighted by Crippen LogP contribution is -2.34. The number of Topliss-reactive ketones (excluding diaryl/α,β-unsaturated/α-hetero) is 1. The third kappa shape index (κ3) is 2.36. The molecule has 0 saturated carbocycles. The summed E-state index contributed by atoms with van der Waals surface area (Å²) in [6.07, 6.45) is 2.15. The standard InChI is InChI=1S/C20H22O5/c1-9(2)23-14-8-15-17(18(21)10(3)11(4)24-15)19-16(14)12-6-5-7-13(12)20(22)25-19/h8-11H,5-7H2,1-4H3/t10-,11-/m1/s1. The summed E-state index contributed by atoms with van der Waals surface area (Å²) >= 11 is 0. The Morgan fingerprint density at radius 2 is 1.88 bits per heavy atom. The van der Waals surface area contributed by atoms with Gasteiger partial charge in [-0.05, 0) is 45.6 Å². The highest BCUT2D eigenvalue weighted by Crippen LogP contribution is 2.44. The molecular weight excluding hydrogens is 320 g/mol. The molecule has 2 heterocycles. The second kappa shape index (κ2) is 5.61. The van der Waals surface area contributed by atoms with Crippen LogP contribution in [0.5, 0.6) is 11.5 Å². The van der Waals surface area contributed by atoms with Crippen LogP contribution in [0.3, 0.4) is 0 Å². The first-order valence-electron chi connectivity index (χ1n) is 8.91. The lowest BCUT2D eigenvalue weighted by Gasteiger charge is -2.29. The molecule has 0 radical (unpaired) electrons. The molecule has 1 aromatic heterocycles. The van der Waals surface area contributed by atoms with Crippen LogP contribution in [0.15, 0.2) is 15.3 Å². The van der Waals surface area contributed by atoms with Crippen molar-refractivity contribution >= 4 is 16.8 Å². The van der Waals surface area contributed by atoms with E-state index in [1.165, 1.54) is 0 Å². The molecule has 0 unspecified atom stereocenters. The number of hydrogen-bond acceptors (Lipinski definition) is 5. The molecule has 0 saturated heterocycles. The molecule has 4 rings (SSSR count). The number of hydrogen-bond donors (Lipinski definition) is 0. The highest BCUT2D eigenvalue weighted by atomic mass is 16.5. The van der Waals surface area contributed by atoms with Gasteiger partial charge in [0.15, 0.2) is 11.4 Å². The van der Waals surface area contributed by atoms with Crippen molar-refractivity contribution in [1.29, 1.82) is 0 Å². The molecule has 2 atom stereocenters. The van der Waals surface area contributed by atoms with E-state index >= 15 is 0 Å². The van der Waals surface area contributed by atoms with Gasteiger partial charge in [0.2, 0.25) is 0 Å². The quantitative estimate of drug-likeness (QED) is 0.779. The Morgan fingerprint density at radius 3 is 2.60 bits per heavy atom. The van der Waals surface area contributed by atoms with Crippen LogP contribution in [0.1, 0.15) is 55.6 Å². The van der Waals surface area contributed by atoms with Gasteiger partial charge in [-0.25, -0.2) is 4.79 Å². The van der Waals surface area contributed by atoms with Gasteiger partial charge in [-0.3, -0.25) is 4.79 Å². The summed E-state index contributed by atoms with van der Waals surface area (Å²) in [5.74, 6) is 0.738. The van der Waals surface area contributed by atoms with E-state index in [0.29, 0.717) is 34.6 Å². The summed E-state index contributed by atoms with van der Waals surface area (Å²) < 4.78 is 17.6. The molecule has 0 N–H and O–H groups in total. The summed E-state index contributed by atoms with van der Waals surface area (Å²) in [7, 11) is 0. The van der Waals surface area contributed by atoms with Crippen LogP contribution in [0, 0.1) is 5.92 Å². The molecule has 1 aromatic carbocycles. The van der Waals surface area contributed by atoms with Crippen molar-refractivity contribution in [2.45, 2.75) is 59.2 Å². The maximum atomic E-state index is 12.9. The zero-order chi connectivity index (χ0) is 17.9. The topological polar surface area (TPSA) is 65.7 Å². The zero-order valence-electron chi connectivity index (χ0n) is 15.0. The summed E-state index contributed by atoms with van der Waals surface area (Å²) in [6.45, 7) is 7.60. The average molecular weight is 342 g/mol. The van der Waals surface area contributed by atoms with Crippen molar-refractivity contribution in [1.82, 2.24) is 0 Å². The van der Waals surface area contributed by atoms with Crippen LogP contribution < -0.4 is 15.1 Å². The first kappa shape index (κ1) is 16.2. The van der Waals surface area contributed by atoms with Gasteiger partial charge >= 0.3 is 5.63 Å². The predicted octanol–water partition coefficient (Wildman–Crippen LogP) is 3.67. The first-order valence-corrected chi connectivity index (χ1v) is 8.91. The number of ether oxygens (including phenoxy) is 2. The van der Waals surface area contributed by atoms with E-state index < -0.39 is 0 Å². The van der Waals surface area contributed by atoms with Crippen molar-refractivity contribution < 1.29 is 18.7 Å². The van der Waals surface area contributed by atoms with Crippen molar-refractivity contribution in [3.8, 4) is 11.5 Å². The number of aryl methyl sites for hydroxylation is 1. The van der Waals surface area contributed by atoms with Gasteiger partial charge in [-0.1, -0.05) is 6.92 Å². The molecule has 0 fully saturated rings. The molecule has 25 heavy (non-hydrogen) atoms. The van der Waals surface area contributed by atoms with E-state index in [2.05, 4.69) is 0 Å². The maximum absolute atomic E-state index is 12.9. The van der Waals surface area contributed by atoms with Crippen molar-refractivity contribution in [3.05, 3.63) is 33.2 Å². The SMILES string of the molecule is CC(C)Oc1cc2c(c3oc(=O)c4c(c13)CCC4)C(=O)[C@H](C)[C@@H](C)O2. The maximum Gasteiger partial charge on any atom is 0.339 e. The Labute approximate surface area is 145 Å². The van der Waals surface area contributed by atoms with Crippen LogP contribution in [0.25, 0.3) is 11.0 Å². The molecule has 2 aromatic rings. The van der Waals surface area contributed by atoms with E-state index in [0.717, 1.165) is 23.8 Å². The molecule has 2 aliphatic rings. The minimum atomic E-state index is -0.344. The summed E-state index contributed by atoms with van der Waals surface area (Å²) in [5.41, 5.74) is 2.03. The summed E-state index contributed by atoms with van der Waals surface area (Å²) in [4.78, 5) is 25.3. The molecule has 5 nitrogen and oxygen atoms in total. The smallest absolute Gasteiger partial charge is 0.339 e. The lowest BCUT2D eigenvalue weighted by molar-refractivity contribution is 0.0730. The molecule has 1 aliphatic heterocycles. The molecular formula is C20H22O5. The minimum Gasteiger partial charge on any atom is -0.490 e. The fraction of sp³-hybridized carbons (Fsp3) is 0.500. The van der Waals surface area contributed by atoms with Gasteiger partial charge in [0, 0.05) is 11.6 Å². The highest BCUT2D eigenvalue weighted by molar-refractivity contribution is 6.12. The van der Waals surface area contributed by atoms with E-state index in [1.54, 1.807) is 6.07 Å². The van der Waals surface area contributed by atoms with Crippen LogP contribution in [0.2, 0.25) is 0 Å². The third-order valence-corrected chi connectivity index (χ3v) is 5.21. The number of fused-ring (bicyclic) bond motifs is 5. The Kier molecular flexibility index (Phi) is 3.63. The van der Waals surface area contributed by atoms with E-state index in [1.807, 2.05) is 27.7 Å². The Morgan fingerprint density at radius 1 is 1.16 bits per heavy atom. The second-order valence-corrected chi connectivity index (χ2v) is 7.29. The minimum absolute atomic E-state index is 0.0409. The average Bonchev–Trinajstić information content (AvgIpc) is 3.02. The molecule has 0 bridgehead atoms. The van der Waals surface area contributed by atoms with Gasteiger partial charge in [-0.15, -0.1) is 0 Å². The first-order chi connectivity index (χ1) is 11.9. The highest BCUT2D eigenvalue weighted by Gasteiger charge is 2.36. The number of rotatable bonds is 2. The number of carbonyl (C=O) groups is 1. The largest absolute Gasteiger partial charge is 0.490 e. The van der Waals surface area contributed by atoms with E-state index in [4.69, 9.17) is 13.9 Å². The third-order valence-electron chi connectivity index (χ3n) is 5.21. The monoisotopic (exact) mass is 342 g/mol. The number of benzene rings is 1. The van der Waals surface area contributed by atoms with Crippen molar-refractivity contribution in [2.24, 2.45) is 5.92 Å². The Balaban J connectivity index is 2.11. The van der Waals surface area contributed by atoms with Crippen LogP contribution in [-0.2, 0) is 12.8 Å². The Bertz CT molecular complexity index is 937. The predicted molar refractivity (Wildman–Crippen MR) is 93.9 cm³/mol. The molecule has 132 valence electrons. The van der Waals surface area contributed by atoms with E-state index in [9.17, 15) is 9.59 Å². The summed E-state index contributed by atoms with van der Waals surface area (Å²) in [5, 5.41) is 0.762. The normalized spacial score (nSPS) is 22.0. The van der Waals surface area contributed by atoms with Gasteiger partial charge in [0.05, 0.1) is 17.4 Å². The fourth-order valence-corrected chi connectivity index (χ4v) is 3.82.